The molecule has 2 aromatic rings. The summed E-state index contributed by atoms with van der Waals surface area (Å²) in [5.74, 6) is 0. The molecule has 0 fully saturated rings. The molecule has 1 aliphatic rings. The van der Waals surface area contributed by atoms with E-state index < -0.39 is 23.9 Å². The molecule has 1 unspecified atom stereocenters. The quantitative estimate of drug-likeness (QED) is 0.850. The molecule has 8 heteroatoms. The molecule has 1 atom stereocenters. The summed E-state index contributed by atoms with van der Waals surface area (Å²) in [5.41, 5.74) is 1.50. The lowest BCUT2D eigenvalue weighted by atomic mass is 9.93. The molecule has 0 aliphatic carbocycles. The maximum atomic E-state index is 12.8. The standard InChI is InChI=1S/C18H14F3N3O2/c19-18(20,21)12-4-6-14(7-5-12)24-10-13(23-17(25)26)8-15-11(9-22)2-1-3-16(15)24/h1-7,13,23H,8,10H2,(H,25,26). The topological polar surface area (TPSA) is 76.4 Å². The smallest absolute Gasteiger partial charge is 0.416 e. The normalized spacial score (nSPS) is 16.5. The number of hydrogen-bond acceptors (Lipinski definition) is 3. The van der Waals surface area contributed by atoms with Gasteiger partial charge in [0, 0.05) is 17.9 Å². The van der Waals surface area contributed by atoms with E-state index in [1.165, 1.54) is 12.1 Å². The van der Waals surface area contributed by atoms with Crippen molar-refractivity contribution in [1.29, 1.82) is 5.26 Å². The number of nitriles is 1. The number of carboxylic acid groups (broad SMARTS) is 1. The second kappa shape index (κ2) is 6.59. The molecule has 0 saturated heterocycles. The van der Waals surface area contributed by atoms with Crippen molar-refractivity contribution in [3.63, 3.8) is 0 Å². The zero-order valence-corrected chi connectivity index (χ0v) is 13.4. The molecule has 1 amide bonds. The summed E-state index contributed by atoms with van der Waals surface area (Å²) in [6.45, 7) is 0.250. The van der Waals surface area contributed by atoms with Gasteiger partial charge < -0.3 is 15.3 Å². The van der Waals surface area contributed by atoms with Crippen LogP contribution in [0.5, 0.6) is 0 Å². The molecule has 1 aliphatic heterocycles. The number of amides is 1. The lowest BCUT2D eigenvalue weighted by molar-refractivity contribution is -0.137. The minimum absolute atomic E-state index is 0.250. The van der Waals surface area contributed by atoms with Gasteiger partial charge in [0.15, 0.2) is 0 Å². The van der Waals surface area contributed by atoms with E-state index in [0.29, 0.717) is 28.9 Å². The van der Waals surface area contributed by atoms with Gasteiger partial charge in [0.2, 0.25) is 0 Å². The molecule has 1 heterocycles. The number of rotatable bonds is 2. The molecule has 0 bridgehead atoms. The molecule has 2 N–H and O–H groups in total. The summed E-state index contributed by atoms with van der Waals surface area (Å²) in [4.78, 5) is 12.7. The van der Waals surface area contributed by atoms with Crippen LogP contribution in [0.2, 0.25) is 0 Å². The largest absolute Gasteiger partial charge is 0.465 e. The van der Waals surface area contributed by atoms with Gasteiger partial charge in [-0.15, -0.1) is 0 Å². The highest BCUT2D eigenvalue weighted by atomic mass is 19.4. The van der Waals surface area contributed by atoms with Gasteiger partial charge >= 0.3 is 12.3 Å². The van der Waals surface area contributed by atoms with Crippen molar-refractivity contribution < 1.29 is 23.1 Å². The molecule has 134 valence electrons. The second-order valence-corrected chi connectivity index (χ2v) is 5.92. The minimum atomic E-state index is -4.43. The zero-order chi connectivity index (χ0) is 18.9. The van der Waals surface area contributed by atoms with E-state index >= 15 is 0 Å². The van der Waals surface area contributed by atoms with Crippen LogP contribution in [0.1, 0.15) is 16.7 Å². The number of nitrogens with zero attached hydrogens (tertiary/aromatic N) is 2. The molecule has 5 nitrogen and oxygen atoms in total. The van der Waals surface area contributed by atoms with Crippen molar-refractivity contribution >= 4 is 17.5 Å². The summed E-state index contributed by atoms with van der Waals surface area (Å²) in [6, 6.07) is 11.3. The molecule has 3 rings (SSSR count). The van der Waals surface area contributed by atoms with Crippen LogP contribution in [0.4, 0.5) is 29.3 Å². The number of alkyl halides is 3. The fraction of sp³-hybridized carbons (Fsp3) is 0.222. The SMILES string of the molecule is N#Cc1cccc2c1CC(NC(=O)O)CN2c1ccc(C(F)(F)F)cc1. The Kier molecular flexibility index (Phi) is 4.47. The van der Waals surface area contributed by atoms with Gasteiger partial charge in [-0.3, -0.25) is 0 Å². The third-order valence-corrected chi connectivity index (χ3v) is 4.25. The third kappa shape index (κ3) is 3.42. The van der Waals surface area contributed by atoms with Crippen molar-refractivity contribution in [1.82, 2.24) is 5.32 Å². The van der Waals surface area contributed by atoms with E-state index in [1.807, 2.05) is 0 Å². The first-order chi connectivity index (χ1) is 12.3. The van der Waals surface area contributed by atoms with Crippen LogP contribution in [0.25, 0.3) is 0 Å². The van der Waals surface area contributed by atoms with Crippen LogP contribution in [-0.2, 0) is 12.6 Å². The van der Waals surface area contributed by atoms with Crippen LogP contribution in [-0.4, -0.2) is 23.8 Å². The summed E-state index contributed by atoms with van der Waals surface area (Å²) >= 11 is 0. The number of benzene rings is 2. The summed E-state index contributed by atoms with van der Waals surface area (Å²) in [7, 11) is 0. The highest BCUT2D eigenvalue weighted by Crippen LogP contribution is 2.37. The minimum Gasteiger partial charge on any atom is -0.465 e. The van der Waals surface area contributed by atoms with E-state index in [0.717, 1.165) is 12.1 Å². The Hall–Kier alpha value is -3.21. The number of anilines is 2. The van der Waals surface area contributed by atoms with Gasteiger partial charge in [-0.2, -0.15) is 18.4 Å². The van der Waals surface area contributed by atoms with E-state index in [9.17, 15) is 23.2 Å². The molecular weight excluding hydrogens is 347 g/mol. The van der Waals surface area contributed by atoms with Crippen LogP contribution < -0.4 is 10.2 Å². The van der Waals surface area contributed by atoms with Gasteiger partial charge in [-0.05, 0) is 48.4 Å². The first-order valence-corrected chi connectivity index (χ1v) is 7.76. The Labute approximate surface area is 147 Å². The van der Waals surface area contributed by atoms with Crippen LogP contribution in [0, 0.1) is 11.3 Å². The molecule has 2 aromatic carbocycles. The first kappa shape index (κ1) is 17.6. The predicted molar refractivity (Wildman–Crippen MR) is 88.3 cm³/mol. The van der Waals surface area contributed by atoms with Crippen molar-refractivity contribution in [2.24, 2.45) is 0 Å². The lowest BCUT2D eigenvalue weighted by Crippen LogP contribution is -2.46. The molecule has 0 radical (unpaired) electrons. The summed E-state index contributed by atoms with van der Waals surface area (Å²) in [6.07, 6.45) is -5.29. The average Bonchev–Trinajstić information content (AvgIpc) is 2.59. The van der Waals surface area contributed by atoms with Crippen molar-refractivity contribution in [3.8, 4) is 6.07 Å². The van der Waals surface area contributed by atoms with Crippen LogP contribution in [0.15, 0.2) is 42.5 Å². The van der Waals surface area contributed by atoms with Crippen molar-refractivity contribution in [3.05, 3.63) is 59.2 Å². The van der Waals surface area contributed by atoms with Gasteiger partial charge in [0.05, 0.1) is 23.2 Å². The Balaban J connectivity index is 2.03. The number of hydrogen-bond donors (Lipinski definition) is 2. The second-order valence-electron chi connectivity index (χ2n) is 5.92. The average molecular weight is 361 g/mol. The van der Waals surface area contributed by atoms with Crippen LogP contribution in [0.3, 0.4) is 0 Å². The number of fused-ring (bicyclic) bond motifs is 1. The van der Waals surface area contributed by atoms with Gasteiger partial charge in [0.1, 0.15) is 0 Å². The number of nitrogens with one attached hydrogen (secondary N) is 1. The van der Waals surface area contributed by atoms with Crippen molar-refractivity contribution in [2.75, 3.05) is 11.4 Å². The Morgan fingerprint density at radius 1 is 1.23 bits per heavy atom. The monoisotopic (exact) mass is 361 g/mol. The maximum Gasteiger partial charge on any atom is 0.416 e. The third-order valence-electron chi connectivity index (χ3n) is 4.25. The molecule has 0 aromatic heterocycles. The maximum absolute atomic E-state index is 12.8. The van der Waals surface area contributed by atoms with Crippen molar-refractivity contribution in [2.45, 2.75) is 18.6 Å². The number of carbonyl (C=O) groups is 1. The molecule has 26 heavy (non-hydrogen) atoms. The lowest BCUT2D eigenvalue weighted by Gasteiger charge is -2.36. The summed E-state index contributed by atoms with van der Waals surface area (Å²) < 4.78 is 38.3. The van der Waals surface area contributed by atoms with E-state index in [-0.39, 0.29) is 6.54 Å². The zero-order valence-electron chi connectivity index (χ0n) is 13.4. The fourth-order valence-corrected chi connectivity index (χ4v) is 3.12. The van der Waals surface area contributed by atoms with E-state index in [2.05, 4.69) is 11.4 Å². The Morgan fingerprint density at radius 3 is 2.50 bits per heavy atom. The van der Waals surface area contributed by atoms with E-state index in [4.69, 9.17) is 5.11 Å². The molecule has 0 spiro atoms. The highest BCUT2D eigenvalue weighted by Gasteiger charge is 2.32. The Bertz CT molecular complexity index is 873. The summed E-state index contributed by atoms with van der Waals surface area (Å²) in [5, 5.41) is 20.7. The Morgan fingerprint density at radius 2 is 1.92 bits per heavy atom. The van der Waals surface area contributed by atoms with Crippen LogP contribution >= 0.6 is 0 Å². The molecule has 0 saturated carbocycles. The van der Waals surface area contributed by atoms with E-state index in [1.54, 1.807) is 23.1 Å². The van der Waals surface area contributed by atoms with Gasteiger partial charge in [-0.1, -0.05) is 6.07 Å². The van der Waals surface area contributed by atoms with Gasteiger partial charge in [-0.25, -0.2) is 4.79 Å². The number of halogens is 3. The first-order valence-electron chi connectivity index (χ1n) is 7.76. The fourth-order valence-electron chi connectivity index (χ4n) is 3.12. The molecular formula is C18H14F3N3O2. The van der Waals surface area contributed by atoms with Gasteiger partial charge in [0.25, 0.3) is 0 Å². The highest BCUT2D eigenvalue weighted by molar-refractivity contribution is 5.72. The predicted octanol–water partition coefficient (Wildman–Crippen LogP) is 3.91.